The van der Waals surface area contributed by atoms with Crippen LogP contribution in [0.15, 0.2) is 96.7 Å². The lowest BCUT2D eigenvalue weighted by Gasteiger charge is -2.38. The first-order valence-corrected chi connectivity index (χ1v) is 16.8. The molecule has 10 nitrogen and oxygen atoms in total. The van der Waals surface area contributed by atoms with Crippen LogP contribution >= 0.6 is 0 Å². The Morgan fingerprint density at radius 3 is 2.57 bits per heavy atom. The number of ether oxygens (including phenoxy) is 3. The Morgan fingerprint density at radius 1 is 1.02 bits per heavy atom. The van der Waals surface area contributed by atoms with Crippen molar-refractivity contribution in [2.45, 2.75) is 51.4 Å². The first-order chi connectivity index (χ1) is 24.7. The van der Waals surface area contributed by atoms with Crippen molar-refractivity contribution >= 4 is 17.8 Å². The Labute approximate surface area is 296 Å². The van der Waals surface area contributed by atoms with Gasteiger partial charge in [-0.25, -0.2) is 4.79 Å². The SMILES string of the molecule is COC(=O)[C@H](Cc1ccc(-c2ccnc(C)c2C)cc1)NC(=O)[C@@H]1Cc2cc3c(cc2CN1C(=O)C1=CC=C[CH]1)O[C@@H](c1cccc(O)c1)CO3. The molecule has 1 aliphatic carbocycles. The molecule has 0 fully saturated rings. The van der Waals surface area contributed by atoms with Crippen LogP contribution < -0.4 is 14.8 Å². The zero-order chi connectivity index (χ0) is 35.6. The lowest BCUT2D eigenvalue weighted by molar-refractivity contribution is -0.146. The number of pyridine rings is 1. The van der Waals surface area contributed by atoms with E-state index in [1.807, 2.05) is 62.4 Å². The molecule has 3 heterocycles. The Kier molecular flexibility index (Phi) is 9.32. The molecule has 0 saturated heterocycles. The number of hydrogen-bond acceptors (Lipinski definition) is 8. The van der Waals surface area contributed by atoms with E-state index < -0.39 is 30.1 Å². The molecule has 2 aliphatic heterocycles. The molecule has 4 aromatic rings. The minimum atomic E-state index is -0.981. The Bertz CT molecular complexity index is 2070. The van der Waals surface area contributed by atoms with E-state index in [2.05, 4.69) is 10.3 Å². The molecule has 3 aromatic carbocycles. The summed E-state index contributed by atoms with van der Waals surface area (Å²) in [5.41, 5.74) is 7.89. The number of methoxy groups -OCH3 is 1. The summed E-state index contributed by atoms with van der Waals surface area (Å²) in [4.78, 5) is 47.0. The number of phenols is 1. The van der Waals surface area contributed by atoms with Crippen LogP contribution in [0.1, 0.15) is 39.6 Å². The van der Waals surface area contributed by atoms with E-state index in [-0.39, 0.29) is 37.6 Å². The van der Waals surface area contributed by atoms with E-state index in [0.717, 1.165) is 44.6 Å². The smallest absolute Gasteiger partial charge is 0.328 e. The summed E-state index contributed by atoms with van der Waals surface area (Å²) in [5, 5.41) is 12.9. The van der Waals surface area contributed by atoms with Gasteiger partial charge in [0.25, 0.3) is 5.91 Å². The monoisotopic (exact) mass is 684 g/mol. The van der Waals surface area contributed by atoms with Gasteiger partial charge in [-0.3, -0.25) is 14.6 Å². The number of nitrogens with one attached hydrogen (secondary N) is 1. The van der Waals surface area contributed by atoms with E-state index in [1.54, 1.807) is 49.0 Å². The van der Waals surface area contributed by atoms with E-state index in [9.17, 15) is 19.5 Å². The molecule has 3 atom stereocenters. The maximum atomic E-state index is 14.1. The highest BCUT2D eigenvalue weighted by atomic mass is 16.6. The van der Waals surface area contributed by atoms with Gasteiger partial charge in [-0.15, -0.1) is 0 Å². The lowest BCUT2D eigenvalue weighted by atomic mass is 9.91. The van der Waals surface area contributed by atoms with Crippen molar-refractivity contribution in [2.24, 2.45) is 0 Å². The molecule has 0 spiro atoms. The third kappa shape index (κ3) is 6.94. The molecular weight excluding hydrogens is 646 g/mol. The predicted molar refractivity (Wildman–Crippen MR) is 190 cm³/mol. The van der Waals surface area contributed by atoms with Gasteiger partial charge in [0.2, 0.25) is 5.91 Å². The van der Waals surface area contributed by atoms with Crippen molar-refractivity contribution in [2.75, 3.05) is 13.7 Å². The van der Waals surface area contributed by atoms with Crippen LogP contribution in [-0.4, -0.2) is 58.6 Å². The molecule has 10 heteroatoms. The molecule has 2 N–H and O–H groups in total. The highest BCUT2D eigenvalue weighted by molar-refractivity contribution is 6.00. The highest BCUT2D eigenvalue weighted by Crippen LogP contribution is 2.41. The van der Waals surface area contributed by atoms with Gasteiger partial charge in [0.05, 0.1) is 7.11 Å². The van der Waals surface area contributed by atoms with Crippen molar-refractivity contribution in [1.82, 2.24) is 15.2 Å². The number of rotatable bonds is 8. The molecular formula is C41H38N3O7. The van der Waals surface area contributed by atoms with E-state index in [4.69, 9.17) is 14.2 Å². The van der Waals surface area contributed by atoms with Gasteiger partial charge < -0.3 is 29.5 Å². The summed E-state index contributed by atoms with van der Waals surface area (Å²) in [7, 11) is 1.29. The van der Waals surface area contributed by atoms with Gasteiger partial charge in [-0.1, -0.05) is 54.6 Å². The van der Waals surface area contributed by atoms with Crippen molar-refractivity contribution in [3.63, 3.8) is 0 Å². The van der Waals surface area contributed by atoms with Gasteiger partial charge in [-0.2, -0.15) is 0 Å². The van der Waals surface area contributed by atoms with Gasteiger partial charge in [0.1, 0.15) is 24.4 Å². The van der Waals surface area contributed by atoms with Crippen molar-refractivity contribution in [3.8, 4) is 28.4 Å². The van der Waals surface area contributed by atoms with Gasteiger partial charge in [-0.05, 0) is 83.1 Å². The van der Waals surface area contributed by atoms with E-state index in [1.165, 1.54) is 12.0 Å². The molecule has 0 bridgehead atoms. The number of aromatic hydroxyl groups is 1. The van der Waals surface area contributed by atoms with Crippen LogP contribution in [0.4, 0.5) is 0 Å². The summed E-state index contributed by atoms with van der Waals surface area (Å²) < 4.78 is 17.5. The highest BCUT2D eigenvalue weighted by Gasteiger charge is 2.39. The molecule has 51 heavy (non-hydrogen) atoms. The molecule has 1 aromatic heterocycles. The van der Waals surface area contributed by atoms with Crippen LogP contribution in [0.2, 0.25) is 0 Å². The number of amides is 2. The molecule has 0 saturated carbocycles. The molecule has 0 unspecified atom stereocenters. The zero-order valence-electron chi connectivity index (χ0n) is 28.6. The van der Waals surface area contributed by atoms with Gasteiger partial charge in [0.15, 0.2) is 17.6 Å². The third-order valence-electron chi connectivity index (χ3n) is 9.73. The maximum Gasteiger partial charge on any atom is 0.328 e. The quantitative estimate of drug-likeness (QED) is 0.235. The first-order valence-electron chi connectivity index (χ1n) is 16.8. The molecule has 2 amide bonds. The van der Waals surface area contributed by atoms with Crippen LogP contribution in [0.3, 0.4) is 0 Å². The van der Waals surface area contributed by atoms with Gasteiger partial charge in [0, 0.05) is 43.3 Å². The predicted octanol–water partition coefficient (Wildman–Crippen LogP) is 5.44. The molecule has 7 rings (SSSR count). The number of esters is 1. The Balaban J connectivity index is 1.13. The summed E-state index contributed by atoms with van der Waals surface area (Å²) in [6, 6.07) is 18.5. The lowest BCUT2D eigenvalue weighted by Crippen LogP contribution is -2.56. The van der Waals surface area contributed by atoms with Crippen LogP contribution in [0, 0.1) is 20.3 Å². The van der Waals surface area contributed by atoms with Gasteiger partial charge >= 0.3 is 5.97 Å². The van der Waals surface area contributed by atoms with Crippen LogP contribution in [-0.2, 0) is 38.5 Å². The fourth-order valence-electron chi connectivity index (χ4n) is 6.78. The fourth-order valence-corrected chi connectivity index (χ4v) is 6.78. The summed E-state index contributed by atoms with van der Waals surface area (Å²) in [6.45, 7) is 4.39. The zero-order valence-corrected chi connectivity index (χ0v) is 28.6. The topological polar surface area (TPSA) is 127 Å². The number of hydrogen-bond donors (Lipinski definition) is 2. The molecule has 259 valence electrons. The Morgan fingerprint density at radius 2 is 1.82 bits per heavy atom. The second-order valence-corrected chi connectivity index (χ2v) is 13.0. The first kappa shape index (κ1) is 33.6. The minimum Gasteiger partial charge on any atom is -0.508 e. The van der Waals surface area contributed by atoms with Crippen LogP contribution in [0.25, 0.3) is 11.1 Å². The minimum absolute atomic E-state index is 0.136. The fraction of sp³-hybridized carbons (Fsp3) is 0.244. The molecule has 1 radical (unpaired) electrons. The van der Waals surface area contributed by atoms with Crippen LogP contribution in [0.5, 0.6) is 17.2 Å². The summed E-state index contributed by atoms with van der Waals surface area (Å²) in [6.07, 6.45) is 8.74. The summed E-state index contributed by atoms with van der Waals surface area (Å²) >= 11 is 0. The van der Waals surface area contributed by atoms with Crippen molar-refractivity contribution in [3.05, 3.63) is 137 Å². The summed E-state index contributed by atoms with van der Waals surface area (Å²) in [5.74, 6) is -0.161. The normalized spacial score (nSPS) is 18.0. The van der Waals surface area contributed by atoms with Crippen molar-refractivity contribution < 1.29 is 33.7 Å². The standard InChI is InChI=1S/C41H38N3O7/c1-24-25(2)42-16-15-33(24)27-13-11-26(12-14-27)17-34(41(48)49-3)43-39(46)35-19-30-20-36-37(51-38(23-50-36)29-9-6-10-32(45)18-29)21-31(30)22-44(35)40(47)28-7-4-5-8-28/h4-16,18,20-21,34-35,38,45H,17,19,22-23H2,1-3H3,(H,43,46)/t34-,35-,38+/m0/s1. The number of nitrogens with zero attached hydrogens (tertiary/aromatic N) is 2. The second-order valence-electron chi connectivity index (χ2n) is 13.0. The second kappa shape index (κ2) is 14.1. The number of fused-ring (bicyclic) bond motifs is 2. The number of carbonyl (C=O) groups is 3. The average molecular weight is 685 g/mol. The average Bonchev–Trinajstić information content (AvgIpc) is 3.69. The molecule has 3 aliphatic rings. The Hall–Kier alpha value is -5.90. The van der Waals surface area contributed by atoms with Crippen molar-refractivity contribution in [1.29, 1.82) is 0 Å². The number of allylic oxidation sites excluding steroid dienone is 3. The number of aryl methyl sites for hydroxylation is 1. The number of phenolic OH excluding ortho intramolecular Hbond substituents is 1. The van der Waals surface area contributed by atoms with E-state index in [0.29, 0.717) is 17.1 Å². The maximum absolute atomic E-state index is 14.1. The number of carbonyl (C=O) groups excluding carboxylic acids is 3. The number of benzene rings is 3. The number of aromatic nitrogens is 1. The largest absolute Gasteiger partial charge is 0.508 e. The van der Waals surface area contributed by atoms with E-state index >= 15 is 0 Å². The third-order valence-corrected chi connectivity index (χ3v) is 9.73.